The molecule has 1 aliphatic heterocycles. The molecule has 20 heavy (non-hydrogen) atoms. The van der Waals surface area contributed by atoms with Crippen LogP contribution in [0.3, 0.4) is 0 Å². The molecule has 2 aliphatic carbocycles. The Morgan fingerprint density at radius 3 is 2.75 bits per heavy atom. The minimum Gasteiger partial charge on any atom is -0.481 e. The van der Waals surface area contributed by atoms with Crippen LogP contribution in [0.25, 0.3) is 0 Å². The van der Waals surface area contributed by atoms with E-state index in [4.69, 9.17) is 4.74 Å². The van der Waals surface area contributed by atoms with E-state index >= 15 is 0 Å². The average molecular weight is 280 g/mol. The van der Waals surface area contributed by atoms with E-state index in [9.17, 15) is 19.8 Å². The molecule has 5 nitrogen and oxygen atoms in total. The predicted molar refractivity (Wildman–Crippen MR) is 69.7 cm³/mol. The number of carbonyl (C=O) groups is 2. The molecule has 0 amide bonds. The minimum atomic E-state index is -1.11. The summed E-state index contributed by atoms with van der Waals surface area (Å²) in [5.74, 6) is -1.06. The largest absolute Gasteiger partial charge is 0.481 e. The first-order chi connectivity index (χ1) is 9.34. The van der Waals surface area contributed by atoms with E-state index in [0.29, 0.717) is 19.4 Å². The van der Waals surface area contributed by atoms with E-state index < -0.39 is 17.5 Å². The van der Waals surface area contributed by atoms with Crippen molar-refractivity contribution in [1.82, 2.24) is 0 Å². The first kappa shape index (κ1) is 13.6. The van der Waals surface area contributed by atoms with Crippen LogP contribution in [-0.4, -0.2) is 34.9 Å². The number of ether oxygens (including phenoxy) is 1. The van der Waals surface area contributed by atoms with Crippen molar-refractivity contribution in [2.24, 2.45) is 23.2 Å². The Bertz CT molecular complexity index is 508. The van der Waals surface area contributed by atoms with Crippen molar-refractivity contribution in [1.29, 1.82) is 0 Å². The molecule has 2 N–H and O–H groups in total. The molecule has 1 heterocycles. The van der Waals surface area contributed by atoms with Crippen LogP contribution >= 0.6 is 0 Å². The maximum Gasteiger partial charge on any atom is 0.334 e. The smallest absolute Gasteiger partial charge is 0.334 e. The number of fused-ring (bicyclic) bond motifs is 1. The number of aliphatic carboxylic acids is 1. The van der Waals surface area contributed by atoms with Gasteiger partial charge in [-0.3, -0.25) is 4.79 Å². The molecule has 0 radical (unpaired) electrons. The molecule has 3 rings (SSSR count). The number of cyclic esters (lactones) is 1. The van der Waals surface area contributed by atoms with Gasteiger partial charge in [0.1, 0.15) is 6.61 Å². The first-order valence-electron chi connectivity index (χ1n) is 7.14. The van der Waals surface area contributed by atoms with Gasteiger partial charge < -0.3 is 14.9 Å². The van der Waals surface area contributed by atoms with Gasteiger partial charge in [-0.15, -0.1) is 0 Å². The highest BCUT2D eigenvalue weighted by Gasteiger charge is 2.57. The fourth-order valence-corrected chi connectivity index (χ4v) is 4.35. The van der Waals surface area contributed by atoms with Crippen LogP contribution in [0.5, 0.6) is 0 Å². The third-order valence-electron chi connectivity index (χ3n) is 5.48. The Labute approximate surface area is 117 Å². The van der Waals surface area contributed by atoms with Gasteiger partial charge in [0.05, 0.1) is 11.5 Å². The second-order valence-corrected chi connectivity index (χ2v) is 6.75. The molecule has 110 valence electrons. The number of hydrogen-bond donors (Lipinski definition) is 2. The van der Waals surface area contributed by atoms with E-state index in [1.807, 2.05) is 6.92 Å². The molecule has 1 saturated carbocycles. The van der Waals surface area contributed by atoms with Crippen LogP contribution in [0.2, 0.25) is 0 Å². The molecule has 0 aromatic rings. The van der Waals surface area contributed by atoms with Gasteiger partial charge >= 0.3 is 11.9 Å². The molecule has 5 heteroatoms. The summed E-state index contributed by atoms with van der Waals surface area (Å²) < 4.78 is 5.09. The van der Waals surface area contributed by atoms with Crippen LogP contribution in [0.15, 0.2) is 11.1 Å². The molecule has 1 fully saturated rings. The first-order valence-corrected chi connectivity index (χ1v) is 7.14. The van der Waals surface area contributed by atoms with Gasteiger partial charge in [0.25, 0.3) is 0 Å². The molecule has 0 bridgehead atoms. The summed E-state index contributed by atoms with van der Waals surface area (Å²) in [6, 6.07) is 0. The van der Waals surface area contributed by atoms with Gasteiger partial charge in [0.2, 0.25) is 0 Å². The molecule has 5 unspecified atom stereocenters. The summed E-state index contributed by atoms with van der Waals surface area (Å²) in [7, 11) is 0. The van der Waals surface area contributed by atoms with E-state index in [-0.39, 0.29) is 23.7 Å². The van der Waals surface area contributed by atoms with E-state index in [1.165, 1.54) is 0 Å². The van der Waals surface area contributed by atoms with Crippen LogP contribution in [0.1, 0.15) is 33.1 Å². The van der Waals surface area contributed by atoms with Gasteiger partial charge in [-0.1, -0.05) is 6.92 Å². The molecule has 0 aromatic carbocycles. The quantitative estimate of drug-likeness (QED) is 0.708. The van der Waals surface area contributed by atoms with Crippen LogP contribution < -0.4 is 0 Å². The highest BCUT2D eigenvalue weighted by molar-refractivity contribution is 5.92. The highest BCUT2D eigenvalue weighted by Crippen LogP contribution is 2.54. The zero-order chi connectivity index (χ0) is 14.7. The summed E-state index contributed by atoms with van der Waals surface area (Å²) in [5, 5.41) is 19.9. The van der Waals surface area contributed by atoms with E-state index in [0.717, 1.165) is 17.6 Å². The normalized spacial score (nSPS) is 43.9. The predicted octanol–water partition coefficient (Wildman–Crippen LogP) is 1.36. The zero-order valence-corrected chi connectivity index (χ0v) is 11.8. The number of aliphatic hydroxyl groups excluding tert-OH is 1. The lowest BCUT2D eigenvalue weighted by atomic mass is 9.79. The van der Waals surface area contributed by atoms with Crippen molar-refractivity contribution >= 4 is 11.9 Å². The molecular weight excluding hydrogens is 260 g/mol. The Morgan fingerprint density at radius 2 is 2.10 bits per heavy atom. The number of hydrogen-bond acceptors (Lipinski definition) is 4. The summed E-state index contributed by atoms with van der Waals surface area (Å²) >= 11 is 0. The Kier molecular flexibility index (Phi) is 2.94. The second-order valence-electron chi connectivity index (χ2n) is 6.75. The lowest BCUT2D eigenvalue weighted by Crippen LogP contribution is -2.39. The topological polar surface area (TPSA) is 83.8 Å². The van der Waals surface area contributed by atoms with Gasteiger partial charge in [-0.05, 0) is 49.5 Å². The summed E-state index contributed by atoms with van der Waals surface area (Å²) in [5.41, 5.74) is 0.664. The fourth-order valence-electron chi connectivity index (χ4n) is 4.35. The van der Waals surface area contributed by atoms with E-state index in [1.54, 1.807) is 6.92 Å². The van der Waals surface area contributed by atoms with Crippen molar-refractivity contribution in [3.05, 3.63) is 11.1 Å². The Morgan fingerprint density at radius 1 is 1.40 bits per heavy atom. The third-order valence-corrected chi connectivity index (χ3v) is 5.48. The maximum absolute atomic E-state index is 11.8. The molecule has 3 aliphatic rings. The lowest BCUT2D eigenvalue weighted by molar-refractivity contribution is -0.154. The zero-order valence-electron chi connectivity index (χ0n) is 11.8. The SMILES string of the molecule is CC1CC2=C(CC3CC(C)(C(=O)O)C(O)C13)C(=O)OC2. The summed E-state index contributed by atoms with van der Waals surface area (Å²) in [6.45, 7) is 4.01. The third kappa shape index (κ3) is 1.72. The number of carboxylic acid groups (broad SMARTS) is 1. The molecule has 5 atom stereocenters. The van der Waals surface area contributed by atoms with Crippen molar-refractivity contribution in [3.63, 3.8) is 0 Å². The number of aliphatic hydroxyl groups is 1. The molecule has 0 aromatic heterocycles. The van der Waals surface area contributed by atoms with Gasteiger partial charge in [-0.2, -0.15) is 0 Å². The second kappa shape index (κ2) is 4.32. The summed E-state index contributed by atoms with van der Waals surface area (Å²) in [4.78, 5) is 23.3. The van der Waals surface area contributed by atoms with Crippen molar-refractivity contribution in [2.45, 2.75) is 39.2 Å². The fraction of sp³-hybridized carbons (Fsp3) is 0.733. The lowest BCUT2D eigenvalue weighted by Gasteiger charge is -2.29. The molecule has 0 spiro atoms. The number of rotatable bonds is 1. The van der Waals surface area contributed by atoms with Crippen LogP contribution in [-0.2, 0) is 14.3 Å². The van der Waals surface area contributed by atoms with Gasteiger partial charge in [-0.25, -0.2) is 4.79 Å². The van der Waals surface area contributed by atoms with Crippen LogP contribution in [0.4, 0.5) is 0 Å². The number of carboxylic acids is 1. The summed E-state index contributed by atoms with van der Waals surface area (Å²) in [6.07, 6.45) is 0.830. The number of esters is 1. The molecule has 0 saturated heterocycles. The maximum atomic E-state index is 11.8. The van der Waals surface area contributed by atoms with Gasteiger partial charge in [0, 0.05) is 5.57 Å². The highest BCUT2D eigenvalue weighted by atomic mass is 16.5. The number of carbonyl (C=O) groups excluding carboxylic acids is 1. The van der Waals surface area contributed by atoms with Gasteiger partial charge in [0.15, 0.2) is 0 Å². The monoisotopic (exact) mass is 280 g/mol. The standard InChI is InChI=1S/C15H20O5/c1-7-3-9-6-20-13(17)10(9)4-8-5-15(2,14(18)19)12(16)11(7)8/h7-8,11-12,16H,3-6H2,1-2H3,(H,18,19). The molecular formula is C15H20O5. The average Bonchev–Trinajstić information content (AvgIpc) is 2.78. The van der Waals surface area contributed by atoms with E-state index in [2.05, 4.69) is 0 Å². The van der Waals surface area contributed by atoms with Crippen LogP contribution in [0, 0.1) is 23.2 Å². The minimum absolute atomic E-state index is 0.0410. The van der Waals surface area contributed by atoms with Crippen molar-refractivity contribution < 1.29 is 24.5 Å². The van der Waals surface area contributed by atoms with Crippen molar-refractivity contribution in [3.8, 4) is 0 Å². The Balaban J connectivity index is 1.95. The Hall–Kier alpha value is -1.36. The van der Waals surface area contributed by atoms with Crippen molar-refractivity contribution in [2.75, 3.05) is 6.61 Å².